The maximum atomic E-state index is 13.0. The number of amides is 1. The van der Waals surface area contributed by atoms with E-state index in [1.807, 2.05) is 13.8 Å². The van der Waals surface area contributed by atoms with Crippen LogP contribution < -0.4 is 15.6 Å². The third-order valence-corrected chi connectivity index (χ3v) is 5.86. The number of hydrogen-bond donors (Lipinski definition) is 1. The fourth-order valence-electron chi connectivity index (χ4n) is 3.17. The van der Waals surface area contributed by atoms with Gasteiger partial charge in [0, 0.05) is 18.1 Å². The number of alkyl halides is 2. The number of benzene rings is 2. The van der Waals surface area contributed by atoms with Crippen LogP contribution in [0.2, 0.25) is 5.02 Å². The fourth-order valence-corrected chi connectivity index (χ4v) is 4.18. The third-order valence-electron chi connectivity index (χ3n) is 4.65. The van der Waals surface area contributed by atoms with Gasteiger partial charge in [-0.2, -0.15) is 8.78 Å². The van der Waals surface area contributed by atoms with Crippen LogP contribution in [0.1, 0.15) is 19.4 Å². The van der Waals surface area contributed by atoms with Crippen LogP contribution in [-0.4, -0.2) is 34.4 Å². The summed E-state index contributed by atoms with van der Waals surface area (Å²) in [5.74, 6) is 0.211. The van der Waals surface area contributed by atoms with E-state index >= 15 is 0 Å². The summed E-state index contributed by atoms with van der Waals surface area (Å²) < 4.78 is 30.3. The molecule has 0 aliphatic rings. The Labute approximate surface area is 199 Å². The van der Waals surface area contributed by atoms with Crippen LogP contribution in [0.25, 0.3) is 10.9 Å². The van der Waals surface area contributed by atoms with E-state index < -0.39 is 6.61 Å². The molecule has 1 N–H and O–H groups in total. The van der Waals surface area contributed by atoms with Gasteiger partial charge in [-0.3, -0.25) is 14.2 Å². The highest BCUT2D eigenvalue weighted by Crippen LogP contribution is 2.21. The maximum Gasteiger partial charge on any atom is 0.387 e. The molecule has 0 unspecified atom stereocenters. The molecule has 0 aliphatic heterocycles. The Morgan fingerprint density at radius 2 is 1.94 bits per heavy atom. The van der Waals surface area contributed by atoms with Crippen molar-refractivity contribution in [3.05, 3.63) is 63.4 Å². The van der Waals surface area contributed by atoms with E-state index in [9.17, 15) is 18.4 Å². The molecule has 10 heteroatoms. The normalized spacial score (nSPS) is 11.4. The molecule has 6 nitrogen and oxygen atoms in total. The summed E-state index contributed by atoms with van der Waals surface area (Å²) in [5, 5.41) is 4.22. The largest absolute Gasteiger partial charge is 0.435 e. The van der Waals surface area contributed by atoms with Crippen molar-refractivity contribution in [1.29, 1.82) is 0 Å². The van der Waals surface area contributed by atoms with E-state index in [0.29, 0.717) is 40.6 Å². The fraction of sp³-hybridized carbons (Fsp3) is 0.348. The van der Waals surface area contributed by atoms with Crippen LogP contribution in [-0.2, 0) is 17.8 Å². The van der Waals surface area contributed by atoms with E-state index in [1.54, 1.807) is 34.9 Å². The van der Waals surface area contributed by atoms with Crippen molar-refractivity contribution < 1.29 is 18.3 Å². The molecule has 0 fully saturated rings. The van der Waals surface area contributed by atoms with E-state index in [-0.39, 0.29) is 28.9 Å². The number of thioether (sulfide) groups is 1. The van der Waals surface area contributed by atoms with Gasteiger partial charge in [0.05, 0.1) is 16.7 Å². The zero-order valence-corrected chi connectivity index (χ0v) is 19.8. The summed E-state index contributed by atoms with van der Waals surface area (Å²) in [6, 6.07) is 11.3. The first-order valence-corrected chi connectivity index (χ1v) is 11.7. The lowest BCUT2D eigenvalue weighted by molar-refractivity contribution is -0.118. The molecule has 0 radical (unpaired) electrons. The second-order valence-corrected chi connectivity index (χ2v) is 9.16. The van der Waals surface area contributed by atoms with Gasteiger partial charge in [0.15, 0.2) is 5.16 Å². The molecule has 176 valence electrons. The number of nitrogens with one attached hydrogen (secondary N) is 1. The average Bonchev–Trinajstić information content (AvgIpc) is 2.75. The molecule has 0 aliphatic carbocycles. The van der Waals surface area contributed by atoms with Crippen LogP contribution in [0.4, 0.5) is 8.78 Å². The number of hydrogen-bond acceptors (Lipinski definition) is 5. The smallest absolute Gasteiger partial charge is 0.387 e. The molecule has 2 aromatic carbocycles. The number of fused-ring (bicyclic) bond motifs is 1. The molecule has 1 aromatic heterocycles. The molecule has 1 heterocycles. The number of rotatable bonds is 10. The quantitative estimate of drug-likeness (QED) is 0.324. The zero-order chi connectivity index (χ0) is 24.0. The predicted molar refractivity (Wildman–Crippen MR) is 126 cm³/mol. The van der Waals surface area contributed by atoms with Crippen LogP contribution in [0, 0.1) is 5.92 Å². The summed E-state index contributed by atoms with van der Waals surface area (Å²) in [6.45, 7) is 2.00. The Morgan fingerprint density at radius 3 is 2.61 bits per heavy atom. The minimum atomic E-state index is -2.86. The molecule has 33 heavy (non-hydrogen) atoms. The first-order valence-electron chi connectivity index (χ1n) is 10.4. The van der Waals surface area contributed by atoms with Crippen molar-refractivity contribution in [2.75, 3.05) is 12.3 Å². The first kappa shape index (κ1) is 25.0. The van der Waals surface area contributed by atoms with E-state index in [4.69, 9.17) is 11.6 Å². The van der Waals surface area contributed by atoms with Crippen LogP contribution in [0.3, 0.4) is 0 Å². The molecule has 0 bridgehead atoms. The van der Waals surface area contributed by atoms with Crippen LogP contribution in [0.5, 0.6) is 5.75 Å². The molecule has 3 aromatic rings. The molecule has 1 amide bonds. The summed E-state index contributed by atoms with van der Waals surface area (Å²) in [6.07, 6.45) is 0.540. The maximum absolute atomic E-state index is 13.0. The molecule has 0 saturated carbocycles. The Hall–Kier alpha value is -2.65. The summed E-state index contributed by atoms with van der Waals surface area (Å²) in [4.78, 5) is 29.9. The van der Waals surface area contributed by atoms with E-state index in [1.165, 1.54) is 23.9 Å². The molecular weight excluding hydrogens is 472 g/mol. The topological polar surface area (TPSA) is 73.2 Å². The Morgan fingerprint density at radius 1 is 1.21 bits per heavy atom. The molecule has 0 atom stereocenters. The van der Waals surface area contributed by atoms with Crippen molar-refractivity contribution in [3.8, 4) is 5.75 Å². The lowest BCUT2D eigenvalue weighted by Gasteiger charge is -2.15. The van der Waals surface area contributed by atoms with Gasteiger partial charge in [0.1, 0.15) is 5.75 Å². The second kappa shape index (κ2) is 11.5. The number of halogens is 3. The summed E-state index contributed by atoms with van der Waals surface area (Å²) in [7, 11) is 0. The Balaban J connectivity index is 1.60. The highest BCUT2D eigenvalue weighted by Gasteiger charge is 2.15. The van der Waals surface area contributed by atoms with Gasteiger partial charge in [-0.05, 0) is 48.2 Å². The van der Waals surface area contributed by atoms with Gasteiger partial charge in [0.25, 0.3) is 5.56 Å². The summed E-state index contributed by atoms with van der Waals surface area (Å²) >= 11 is 7.24. The van der Waals surface area contributed by atoms with Gasteiger partial charge in [-0.15, -0.1) is 0 Å². The number of nitrogens with zero attached hydrogens (tertiary/aromatic N) is 2. The highest BCUT2D eigenvalue weighted by atomic mass is 35.5. The second-order valence-electron chi connectivity index (χ2n) is 7.78. The van der Waals surface area contributed by atoms with Crippen molar-refractivity contribution in [2.24, 2.45) is 5.92 Å². The van der Waals surface area contributed by atoms with Gasteiger partial charge in [-0.1, -0.05) is 49.3 Å². The average molecular weight is 496 g/mol. The first-order chi connectivity index (χ1) is 15.7. The molecule has 0 spiro atoms. The number of ether oxygens (including phenoxy) is 1. The number of carbonyl (C=O) groups is 1. The molecule has 0 saturated heterocycles. The van der Waals surface area contributed by atoms with Crippen LogP contribution in [0.15, 0.2) is 52.4 Å². The van der Waals surface area contributed by atoms with Crippen LogP contribution >= 0.6 is 23.4 Å². The predicted octanol–water partition coefficient (Wildman–Crippen LogP) is 4.76. The lowest BCUT2D eigenvalue weighted by atomic mass is 10.1. The number of aromatic nitrogens is 2. The molecule has 3 rings (SSSR count). The van der Waals surface area contributed by atoms with Gasteiger partial charge in [0.2, 0.25) is 5.91 Å². The lowest BCUT2D eigenvalue weighted by Crippen LogP contribution is -2.29. The van der Waals surface area contributed by atoms with E-state index in [0.717, 1.165) is 5.56 Å². The van der Waals surface area contributed by atoms with Crippen molar-refractivity contribution in [3.63, 3.8) is 0 Å². The highest BCUT2D eigenvalue weighted by molar-refractivity contribution is 7.99. The van der Waals surface area contributed by atoms with Crippen molar-refractivity contribution in [1.82, 2.24) is 14.9 Å². The summed E-state index contributed by atoms with van der Waals surface area (Å²) in [5.41, 5.74) is 1.23. The minimum Gasteiger partial charge on any atom is -0.435 e. The zero-order valence-electron chi connectivity index (χ0n) is 18.2. The van der Waals surface area contributed by atoms with E-state index in [2.05, 4.69) is 15.0 Å². The van der Waals surface area contributed by atoms with Crippen molar-refractivity contribution >= 4 is 40.2 Å². The number of carbonyl (C=O) groups excluding carboxylic acids is 1. The van der Waals surface area contributed by atoms with Gasteiger partial charge < -0.3 is 10.1 Å². The monoisotopic (exact) mass is 495 g/mol. The Bertz CT molecular complexity index is 1170. The standard InChI is InChI=1S/C23H24ClF2N3O3S/c1-14(2)12-29-21(31)18-11-16(24)5-8-19(18)28-23(29)33-13-20(30)27-10-9-15-3-6-17(7-4-15)32-22(25)26/h3-8,11,14,22H,9-10,12-13H2,1-2H3,(H,27,30). The minimum absolute atomic E-state index is 0.0896. The SMILES string of the molecule is CC(C)Cn1c(SCC(=O)NCCc2ccc(OC(F)F)cc2)nc2ccc(Cl)cc2c1=O. The molecular formula is C23H24ClF2N3O3S. The Kier molecular flexibility index (Phi) is 8.68. The van der Waals surface area contributed by atoms with Crippen molar-refractivity contribution in [2.45, 2.75) is 38.6 Å². The third kappa shape index (κ3) is 7.17. The van der Waals surface area contributed by atoms with Gasteiger partial charge >= 0.3 is 6.61 Å². The van der Waals surface area contributed by atoms with Gasteiger partial charge in [-0.25, -0.2) is 4.98 Å².